The highest BCUT2D eigenvalue weighted by Gasteiger charge is 1.92. The van der Waals surface area contributed by atoms with Crippen LogP contribution in [0.2, 0.25) is 0 Å². The lowest BCUT2D eigenvalue weighted by molar-refractivity contribution is 0.419. The van der Waals surface area contributed by atoms with Gasteiger partial charge in [0, 0.05) is 10.9 Å². The monoisotopic (exact) mass is 189 g/mol. The standard InChI is InChI=1S/C6H8BrNO/c7-3-1-2-6-4-8-9-5-6/h4-5H,1-3H2. The van der Waals surface area contributed by atoms with E-state index in [4.69, 9.17) is 0 Å². The van der Waals surface area contributed by atoms with Crippen LogP contribution >= 0.6 is 15.9 Å². The van der Waals surface area contributed by atoms with Crippen LogP contribution in [0.15, 0.2) is 17.0 Å². The zero-order valence-electron chi connectivity index (χ0n) is 5.01. The van der Waals surface area contributed by atoms with E-state index in [0.717, 1.165) is 18.2 Å². The Kier molecular flexibility index (Phi) is 2.77. The van der Waals surface area contributed by atoms with Gasteiger partial charge in [-0.1, -0.05) is 21.1 Å². The average molecular weight is 190 g/mol. The molecule has 1 aromatic rings. The molecular formula is C6H8BrNO. The van der Waals surface area contributed by atoms with Crippen LogP contribution in [0.1, 0.15) is 12.0 Å². The molecule has 0 N–H and O–H groups in total. The van der Waals surface area contributed by atoms with E-state index in [1.54, 1.807) is 12.5 Å². The quantitative estimate of drug-likeness (QED) is 0.681. The number of halogens is 1. The molecule has 0 unspecified atom stereocenters. The van der Waals surface area contributed by atoms with Gasteiger partial charge in [-0.3, -0.25) is 0 Å². The van der Waals surface area contributed by atoms with Gasteiger partial charge in [0.2, 0.25) is 0 Å². The van der Waals surface area contributed by atoms with Gasteiger partial charge in [0.05, 0.1) is 6.20 Å². The summed E-state index contributed by atoms with van der Waals surface area (Å²) in [6.07, 6.45) is 5.63. The van der Waals surface area contributed by atoms with Gasteiger partial charge in [-0.05, 0) is 12.8 Å². The van der Waals surface area contributed by atoms with Crippen molar-refractivity contribution >= 4 is 15.9 Å². The van der Waals surface area contributed by atoms with Crippen molar-refractivity contribution in [2.24, 2.45) is 0 Å². The normalized spacial score (nSPS) is 9.89. The first-order valence-electron chi connectivity index (χ1n) is 2.87. The molecule has 0 spiro atoms. The summed E-state index contributed by atoms with van der Waals surface area (Å²) < 4.78 is 4.65. The third kappa shape index (κ3) is 2.18. The number of aryl methyl sites for hydroxylation is 1. The second-order valence-corrected chi connectivity index (χ2v) is 2.62. The Balaban J connectivity index is 2.30. The smallest absolute Gasteiger partial charge is 0.126 e. The van der Waals surface area contributed by atoms with Gasteiger partial charge in [0.15, 0.2) is 0 Å². The first kappa shape index (κ1) is 6.81. The maximum absolute atomic E-state index is 4.65. The highest BCUT2D eigenvalue weighted by molar-refractivity contribution is 9.09. The third-order valence-corrected chi connectivity index (χ3v) is 1.64. The van der Waals surface area contributed by atoms with Crippen molar-refractivity contribution in [3.8, 4) is 0 Å². The predicted octanol–water partition coefficient (Wildman–Crippen LogP) is 2.00. The number of hydrogen-bond donors (Lipinski definition) is 0. The summed E-state index contributed by atoms with van der Waals surface area (Å²) in [7, 11) is 0. The van der Waals surface area contributed by atoms with Crippen molar-refractivity contribution in [2.75, 3.05) is 5.33 Å². The molecule has 0 fully saturated rings. The molecule has 0 aliphatic carbocycles. The highest BCUT2D eigenvalue weighted by atomic mass is 79.9. The molecule has 0 aliphatic heterocycles. The van der Waals surface area contributed by atoms with Crippen LogP contribution in [0.4, 0.5) is 0 Å². The molecule has 1 rings (SSSR count). The number of nitrogens with zero attached hydrogens (tertiary/aromatic N) is 1. The maximum Gasteiger partial charge on any atom is 0.126 e. The third-order valence-electron chi connectivity index (χ3n) is 1.08. The van der Waals surface area contributed by atoms with Gasteiger partial charge in [-0.25, -0.2) is 0 Å². The molecule has 0 amide bonds. The van der Waals surface area contributed by atoms with Crippen molar-refractivity contribution in [3.63, 3.8) is 0 Å². The molecule has 0 radical (unpaired) electrons. The van der Waals surface area contributed by atoms with Crippen LogP contribution in [-0.2, 0) is 6.42 Å². The number of hydrogen-bond acceptors (Lipinski definition) is 2. The van der Waals surface area contributed by atoms with E-state index < -0.39 is 0 Å². The zero-order chi connectivity index (χ0) is 6.53. The van der Waals surface area contributed by atoms with Crippen LogP contribution in [-0.4, -0.2) is 10.5 Å². The van der Waals surface area contributed by atoms with E-state index >= 15 is 0 Å². The van der Waals surface area contributed by atoms with E-state index in [1.807, 2.05) is 0 Å². The van der Waals surface area contributed by atoms with Crippen molar-refractivity contribution < 1.29 is 4.52 Å². The molecule has 50 valence electrons. The lowest BCUT2D eigenvalue weighted by Gasteiger charge is -1.87. The predicted molar refractivity (Wildman–Crippen MR) is 38.6 cm³/mol. The van der Waals surface area contributed by atoms with Crippen LogP contribution in [0.5, 0.6) is 0 Å². The second-order valence-electron chi connectivity index (χ2n) is 1.83. The number of alkyl halides is 1. The first-order valence-corrected chi connectivity index (χ1v) is 4.00. The van der Waals surface area contributed by atoms with E-state index in [1.165, 1.54) is 5.56 Å². The summed E-state index contributed by atoms with van der Waals surface area (Å²) in [6.45, 7) is 0. The molecule has 3 heteroatoms. The largest absolute Gasteiger partial charge is 0.364 e. The minimum absolute atomic E-state index is 1.04. The topological polar surface area (TPSA) is 26.0 Å². The van der Waals surface area contributed by atoms with E-state index in [2.05, 4.69) is 25.6 Å². The molecule has 0 bridgehead atoms. The minimum atomic E-state index is 1.04. The summed E-state index contributed by atoms with van der Waals surface area (Å²) in [6, 6.07) is 0. The van der Waals surface area contributed by atoms with Crippen LogP contribution in [0.3, 0.4) is 0 Å². The molecule has 0 saturated heterocycles. The molecule has 2 nitrogen and oxygen atoms in total. The van der Waals surface area contributed by atoms with Crippen molar-refractivity contribution in [3.05, 3.63) is 18.0 Å². The molecule has 0 aliphatic rings. The van der Waals surface area contributed by atoms with Gasteiger partial charge in [0.25, 0.3) is 0 Å². The zero-order valence-corrected chi connectivity index (χ0v) is 6.60. The Hall–Kier alpha value is -0.310. The summed E-state index contributed by atoms with van der Waals surface area (Å²) in [5, 5.41) is 4.62. The maximum atomic E-state index is 4.65. The molecular weight excluding hydrogens is 182 g/mol. The van der Waals surface area contributed by atoms with E-state index in [-0.39, 0.29) is 0 Å². The molecule has 0 atom stereocenters. The summed E-state index contributed by atoms with van der Waals surface area (Å²) >= 11 is 3.34. The average Bonchev–Trinajstić information content (AvgIpc) is 2.34. The summed E-state index contributed by atoms with van der Waals surface area (Å²) in [5.74, 6) is 0. The Bertz CT molecular complexity index is 150. The Morgan fingerprint density at radius 3 is 3.11 bits per heavy atom. The Morgan fingerprint density at radius 2 is 2.56 bits per heavy atom. The molecule has 0 saturated carbocycles. The van der Waals surface area contributed by atoms with E-state index in [9.17, 15) is 0 Å². The van der Waals surface area contributed by atoms with Gasteiger partial charge in [-0.15, -0.1) is 0 Å². The molecule has 9 heavy (non-hydrogen) atoms. The lowest BCUT2D eigenvalue weighted by atomic mass is 10.2. The lowest BCUT2D eigenvalue weighted by Crippen LogP contribution is -1.80. The van der Waals surface area contributed by atoms with Crippen molar-refractivity contribution in [2.45, 2.75) is 12.8 Å². The van der Waals surface area contributed by atoms with E-state index in [0.29, 0.717) is 0 Å². The fourth-order valence-electron chi connectivity index (χ4n) is 0.621. The molecule has 1 heterocycles. The summed E-state index contributed by atoms with van der Waals surface area (Å²) in [4.78, 5) is 0. The highest BCUT2D eigenvalue weighted by Crippen LogP contribution is 2.01. The van der Waals surface area contributed by atoms with Gasteiger partial charge in [0.1, 0.15) is 6.26 Å². The van der Waals surface area contributed by atoms with Gasteiger partial charge in [-0.2, -0.15) is 0 Å². The van der Waals surface area contributed by atoms with Crippen molar-refractivity contribution in [1.29, 1.82) is 0 Å². The minimum Gasteiger partial charge on any atom is -0.364 e. The van der Waals surface area contributed by atoms with Gasteiger partial charge < -0.3 is 4.52 Å². The fraction of sp³-hybridized carbons (Fsp3) is 0.500. The number of rotatable bonds is 3. The van der Waals surface area contributed by atoms with Crippen LogP contribution in [0, 0.1) is 0 Å². The SMILES string of the molecule is BrCCCc1cnoc1. The second kappa shape index (κ2) is 3.67. The van der Waals surface area contributed by atoms with Crippen LogP contribution < -0.4 is 0 Å². The Morgan fingerprint density at radius 1 is 1.67 bits per heavy atom. The molecule has 0 aromatic carbocycles. The van der Waals surface area contributed by atoms with Gasteiger partial charge >= 0.3 is 0 Å². The van der Waals surface area contributed by atoms with Crippen molar-refractivity contribution in [1.82, 2.24) is 5.16 Å². The number of aromatic nitrogens is 1. The first-order chi connectivity index (χ1) is 4.43. The molecule has 1 aromatic heterocycles. The fourth-order valence-corrected chi connectivity index (χ4v) is 0.901. The Labute approximate surface area is 62.4 Å². The van der Waals surface area contributed by atoms with Crippen LogP contribution in [0.25, 0.3) is 0 Å². The summed E-state index contributed by atoms with van der Waals surface area (Å²) in [5.41, 5.74) is 1.18.